The number of nitrogens with zero attached hydrogens (tertiary/aromatic N) is 1. The van der Waals surface area contributed by atoms with Gasteiger partial charge in [0.2, 0.25) is 5.69 Å². The summed E-state index contributed by atoms with van der Waals surface area (Å²) in [5, 5.41) is 4.85. The van der Waals surface area contributed by atoms with Crippen LogP contribution in [0.1, 0.15) is 11.1 Å². The Bertz CT molecular complexity index is 1660. The number of rotatable bonds is 2. The topological polar surface area (TPSA) is 17.0 Å². The van der Waals surface area contributed by atoms with Crippen LogP contribution in [-0.2, 0) is 7.05 Å². The molecule has 0 bridgehead atoms. The van der Waals surface area contributed by atoms with Crippen LogP contribution in [0.25, 0.3) is 55.1 Å². The van der Waals surface area contributed by atoms with E-state index >= 15 is 0 Å². The molecule has 0 radical (unpaired) electrons. The fraction of sp³-hybridized carbons (Fsp3) is 0.100. The van der Waals surface area contributed by atoms with Crippen LogP contribution in [-0.4, -0.2) is 0 Å². The third-order valence-electron chi connectivity index (χ3n) is 6.64. The molecule has 0 saturated carbocycles. The summed E-state index contributed by atoms with van der Waals surface area (Å²) in [4.78, 5) is 0. The highest BCUT2D eigenvalue weighted by Gasteiger charge is 2.21. The first-order valence-corrected chi connectivity index (χ1v) is 11.0. The van der Waals surface area contributed by atoms with Gasteiger partial charge in [-0.15, -0.1) is 0 Å². The first-order valence-electron chi connectivity index (χ1n) is 11.0. The van der Waals surface area contributed by atoms with Crippen molar-refractivity contribution in [2.75, 3.05) is 0 Å². The molecule has 0 saturated heterocycles. The normalized spacial score (nSPS) is 11.6. The molecule has 2 heteroatoms. The molecule has 2 heterocycles. The zero-order chi connectivity index (χ0) is 21.8. The van der Waals surface area contributed by atoms with Crippen molar-refractivity contribution in [2.24, 2.45) is 7.05 Å². The predicted octanol–water partition coefficient (Wildman–Crippen LogP) is 7.51. The molecule has 0 atom stereocenters. The number of furan rings is 1. The minimum Gasteiger partial charge on any atom is -0.455 e. The second-order valence-electron chi connectivity index (χ2n) is 8.61. The lowest BCUT2D eigenvalue weighted by Crippen LogP contribution is -2.30. The molecule has 6 aromatic rings. The van der Waals surface area contributed by atoms with E-state index in [2.05, 4.69) is 117 Å². The summed E-state index contributed by atoms with van der Waals surface area (Å²) < 4.78 is 8.80. The van der Waals surface area contributed by atoms with E-state index in [1.807, 2.05) is 0 Å². The molecule has 2 nitrogen and oxygen atoms in total. The molecule has 32 heavy (non-hydrogen) atoms. The average Bonchev–Trinajstić information content (AvgIpc) is 3.19. The highest BCUT2D eigenvalue weighted by molar-refractivity contribution is 6.11. The monoisotopic (exact) mass is 414 g/mol. The summed E-state index contributed by atoms with van der Waals surface area (Å²) >= 11 is 0. The van der Waals surface area contributed by atoms with Crippen LogP contribution in [0.5, 0.6) is 0 Å². The quantitative estimate of drug-likeness (QED) is 0.268. The Hall–Kier alpha value is -3.91. The summed E-state index contributed by atoms with van der Waals surface area (Å²) in [6.07, 6.45) is 2.08. The van der Waals surface area contributed by atoms with Gasteiger partial charge in [-0.3, -0.25) is 0 Å². The zero-order valence-corrected chi connectivity index (χ0v) is 18.5. The van der Waals surface area contributed by atoms with E-state index in [0.29, 0.717) is 0 Å². The molecule has 0 N–H and O–H groups in total. The number of hydrogen-bond acceptors (Lipinski definition) is 1. The average molecular weight is 415 g/mol. The number of aromatic nitrogens is 1. The van der Waals surface area contributed by atoms with E-state index in [9.17, 15) is 0 Å². The van der Waals surface area contributed by atoms with Crippen LogP contribution >= 0.6 is 0 Å². The van der Waals surface area contributed by atoms with Crippen molar-refractivity contribution in [1.29, 1.82) is 0 Å². The maximum atomic E-state index is 6.64. The van der Waals surface area contributed by atoms with Crippen molar-refractivity contribution >= 4 is 32.7 Å². The second kappa shape index (κ2) is 7.06. The molecule has 4 aromatic carbocycles. The SMILES string of the molecule is Cc1ccc2c(oc3c(C)c(-c4ccc5ccccc5c4)ccc32)c1-c1cccc[n+]1C. The van der Waals surface area contributed by atoms with Crippen molar-refractivity contribution in [1.82, 2.24) is 0 Å². The molecule has 6 rings (SSSR count). The van der Waals surface area contributed by atoms with Crippen LogP contribution in [0, 0.1) is 13.8 Å². The number of fused-ring (bicyclic) bond motifs is 4. The van der Waals surface area contributed by atoms with Gasteiger partial charge in [0.1, 0.15) is 18.2 Å². The van der Waals surface area contributed by atoms with Gasteiger partial charge >= 0.3 is 0 Å². The van der Waals surface area contributed by atoms with Gasteiger partial charge in [0.25, 0.3) is 0 Å². The Kier molecular flexibility index (Phi) is 4.16. The van der Waals surface area contributed by atoms with Gasteiger partial charge < -0.3 is 4.42 Å². The second-order valence-corrected chi connectivity index (χ2v) is 8.61. The Morgan fingerprint density at radius 1 is 0.688 bits per heavy atom. The minimum atomic E-state index is 0.959. The van der Waals surface area contributed by atoms with Gasteiger partial charge in [-0.25, -0.2) is 4.57 Å². The van der Waals surface area contributed by atoms with E-state index < -0.39 is 0 Å². The fourth-order valence-electron chi connectivity index (χ4n) is 4.91. The first kappa shape index (κ1) is 18.8. The van der Waals surface area contributed by atoms with E-state index in [4.69, 9.17) is 4.42 Å². The van der Waals surface area contributed by atoms with Gasteiger partial charge in [0, 0.05) is 28.5 Å². The highest BCUT2D eigenvalue weighted by Crippen LogP contribution is 2.40. The van der Waals surface area contributed by atoms with Crippen LogP contribution in [0.15, 0.2) is 95.5 Å². The van der Waals surface area contributed by atoms with Gasteiger partial charge in [-0.2, -0.15) is 0 Å². The van der Waals surface area contributed by atoms with Crippen molar-refractivity contribution in [3.8, 4) is 22.4 Å². The smallest absolute Gasteiger partial charge is 0.216 e. The highest BCUT2D eigenvalue weighted by atomic mass is 16.3. The molecule has 0 fully saturated rings. The number of pyridine rings is 1. The van der Waals surface area contributed by atoms with Crippen molar-refractivity contribution in [3.05, 3.63) is 102 Å². The predicted molar refractivity (Wildman–Crippen MR) is 133 cm³/mol. The largest absolute Gasteiger partial charge is 0.455 e. The molecule has 0 unspecified atom stereocenters. The van der Waals surface area contributed by atoms with Crippen molar-refractivity contribution in [3.63, 3.8) is 0 Å². The van der Waals surface area contributed by atoms with E-state index in [1.54, 1.807) is 0 Å². The van der Waals surface area contributed by atoms with Crippen LogP contribution < -0.4 is 4.57 Å². The summed E-state index contributed by atoms with van der Waals surface area (Å²) in [6.45, 7) is 4.33. The molecule has 0 aliphatic carbocycles. The Morgan fingerprint density at radius 2 is 1.44 bits per heavy atom. The van der Waals surface area contributed by atoms with Gasteiger partial charge in [0.15, 0.2) is 6.20 Å². The van der Waals surface area contributed by atoms with Crippen molar-refractivity contribution < 1.29 is 8.98 Å². The lowest BCUT2D eigenvalue weighted by atomic mass is 9.95. The molecule has 0 aliphatic heterocycles. The number of aryl methyl sites for hydroxylation is 3. The lowest BCUT2D eigenvalue weighted by molar-refractivity contribution is -0.660. The third-order valence-corrected chi connectivity index (χ3v) is 6.64. The minimum absolute atomic E-state index is 0.959. The molecule has 0 spiro atoms. The summed E-state index contributed by atoms with van der Waals surface area (Å²) in [6, 6.07) is 30.3. The van der Waals surface area contributed by atoms with E-state index in [0.717, 1.165) is 27.8 Å². The molecule has 2 aromatic heterocycles. The molecule has 0 aliphatic rings. The molecule has 154 valence electrons. The molecule has 0 amide bonds. The lowest BCUT2D eigenvalue weighted by Gasteiger charge is -2.08. The van der Waals surface area contributed by atoms with Gasteiger partial charge in [-0.05, 0) is 59.5 Å². The summed E-state index contributed by atoms with van der Waals surface area (Å²) in [5.74, 6) is 0. The van der Waals surface area contributed by atoms with Crippen LogP contribution in [0.2, 0.25) is 0 Å². The third kappa shape index (κ3) is 2.76. The van der Waals surface area contributed by atoms with Gasteiger partial charge in [-0.1, -0.05) is 54.6 Å². The Balaban J connectivity index is 1.62. The first-order chi connectivity index (χ1) is 15.6. The molecular weight excluding hydrogens is 390 g/mol. The summed E-state index contributed by atoms with van der Waals surface area (Å²) in [7, 11) is 2.08. The standard InChI is InChI=1S/C30H24NO/c1-19-11-14-26-25-16-15-24(23-13-12-21-8-4-5-9-22(21)18-23)20(2)29(25)32-30(26)28(19)27-10-6-7-17-31(27)3/h4-18H,1-3H3/q+1. The zero-order valence-electron chi connectivity index (χ0n) is 18.5. The van der Waals surface area contributed by atoms with Crippen LogP contribution in [0.4, 0.5) is 0 Å². The van der Waals surface area contributed by atoms with E-state index in [-0.39, 0.29) is 0 Å². The number of hydrogen-bond donors (Lipinski definition) is 0. The van der Waals surface area contributed by atoms with E-state index in [1.165, 1.54) is 38.4 Å². The number of benzene rings is 4. The fourth-order valence-corrected chi connectivity index (χ4v) is 4.91. The van der Waals surface area contributed by atoms with Gasteiger partial charge in [0.05, 0.1) is 5.56 Å². The molecular formula is C30H24NO+. The van der Waals surface area contributed by atoms with Crippen LogP contribution in [0.3, 0.4) is 0 Å². The maximum absolute atomic E-state index is 6.64. The Labute approximate surface area is 187 Å². The van der Waals surface area contributed by atoms with Crippen molar-refractivity contribution in [2.45, 2.75) is 13.8 Å². The Morgan fingerprint density at radius 3 is 2.28 bits per heavy atom. The summed E-state index contributed by atoms with van der Waals surface area (Å²) in [5.41, 5.74) is 9.06. The maximum Gasteiger partial charge on any atom is 0.216 e.